The first-order chi connectivity index (χ1) is 13.2. The number of rotatable bonds is 5. The number of benzene rings is 2. The van der Waals surface area contributed by atoms with Gasteiger partial charge in [0.25, 0.3) is 0 Å². The molecule has 0 bridgehead atoms. The molecule has 134 valence electrons. The molecule has 0 aliphatic heterocycles. The van der Waals surface area contributed by atoms with Crippen LogP contribution in [0.4, 0.5) is 5.69 Å². The van der Waals surface area contributed by atoms with Crippen LogP contribution in [0.1, 0.15) is 11.4 Å². The fourth-order valence-corrected chi connectivity index (χ4v) is 2.62. The highest BCUT2D eigenvalue weighted by molar-refractivity contribution is 5.94. The van der Waals surface area contributed by atoms with E-state index in [4.69, 9.17) is 9.26 Å². The molecule has 4 rings (SSSR count). The van der Waals surface area contributed by atoms with E-state index >= 15 is 0 Å². The molecule has 7 heteroatoms. The molecule has 0 saturated carbocycles. The average molecular weight is 360 g/mol. The number of hydrogen-bond acceptors (Lipinski definition) is 6. The number of nitrogens with one attached hydrogen (secondary N) is 1. The number of nitrogens with zero attached hydrogens (tertiary/aromatic N) is 3. The summed E-state index contributed by atoms with van der Waals surface area (Å²) in [5, 5.41) is 15.6. The fraction of sp³-hybridized carbons (Fsp3) is 0.100. The summed E-state index contributed by atoms with van der Waals surface area (Å²) in [6.45, 7) is 1.85. The van der Waals surface area contributed by atoms with Gasteiger partial charge in [-0.25, -0.2) is 0 Å². The Morgan fingerprint density at radius 2 is 1.96 bits per heavy atom. The van der Waals surface area contributed by atoms with Crippen LogP contribution in [0.15, 0.2) is 65.2 Å². The standard InChI is InChI=1S/C20H16N4O3/c1-13-9-10-20(23-22-13)26-15-6-4-5-14(11-15)21-19(25)12-17-16-7-2-3-8-18(16)27-24-17/h2-11H,12H2,1H3,(H,21,25). The second kappa shape index (κ2) is 7.25. The smallest absolute Gasteiger partial charge is 0.238 e. The molecule has 0 saturated heterocycles. The van der Waals surface area contributed by atoms with Crippen LogP contribution >= 0.6 is 0 Å². The first-order valence-corrected chi connectivity index (χ1v) is 8.39. The number of aromatic nitrogens is 3. The topological polar surface area (TPSA) is 90.1 Å². The van der Waals surface area contributed by atoms with Crippen molar-refractivity contribution in [1.29, 1.82) is 0 Å². The molecule has 0 fully saturated rings. The Kier molecular flexibility index (Phi) is 4.49. The molecule has 2 heterocycles. The van der Waals surface area contributed by atoms with Gasteiger partial charge in [0, 0.05) is 23.2 Å². The van der Waals surface area contributed by atoms with Gasteiger partial charge in [0.05, 0.1) is 12.1 Å². The molecule has 0 atom stereocenters. The largest absolute Gasteiger partial charge is 0.437 e. The zero-order valence-corrected chi connectivity index (χ0v) is 14.5. The molecule has 0 unspecified atom stereocenters. The van der Waals surface area contributed by atoms with Crippen molar-refractivity contribution in [3.8, 4) is 11.6 Å². The number of carbonyl (C=O) groups excluding carboxylic acids is 1. The molecule has 0 aliphatic rings. The van der Waals surface area contributed by atoms with Gasteiger partial charge >= 0.3 is 0 Å². The first kappa shape index (κ1) is 16.7. The molecule has 1 amide bonds. The third-order valence-electron chi connectivity index (χ3n) is 3.89. The van der Waals surface area contributed by atoms with Gasteiger partial charge in [0.1, 0.15) is 11.4 Å². The predicted octanol–water partition coefficient (Wildman–Crippen LogP) is 3.90. The molecule has 1 N–H and O–H groups in total. The van der Waals surface area contributed by atoms with E-state index in [-0.39, 0.29) is 12.3 Å². The lowest BCUT2D eigenvalue weighted by molar-refractivity contribution is -0.115. The van der Waals surface area contributed by atoms with Crippen molar-refractivity contribution in [2.75, 3.05) is 5.32 Å². The highest BCUT2D eigenvalue weighted by atomic mass is 16.5. The third kappa shape index (κ3) is 3.92. The van der Waals surface area contributed by atoms with Gasteiger partial charge in [0.2, 0.25) is 11.8 Å². The highest BCUT2D eigenvalue weighted by Crippen LogP contribution is 2.23. The van der Waals surface area contributed by atoms with Crippen LogP contribution < -0.4 is 10.1 Å². The lowest BCUT2D eigenvalue weighted by Crippen LogP contribution is -2.14. The number of amides is 1. The van der Waals surface area contributed by atoms with Crippen molar-refractivity contribution in [1.82, 2.24) is 15.4 Å². The molecule has 27 heavy (non-hydrogen) atoms. The summed E-state index contributed by atoms with van der Waals surface area (Å²) in [4.78, 5) is 12.4. The maximum absolute atomic E-state index is 12.4. The van der Waals surface area contributed by atoms with Crippen LogP contribution in [-0.4, -0.2) is 21.3 Å². The maximum atomic E-state index is 12.4. The van der Waals surface area contributed by atoms with Crippen LogP contribution in [0.3, 0.4) is 0 Å². The first-order valence-electron chi connectivity index (χ1n) is 8.39. The van der Waals surface area contributed by atoms with E-state index < -0.39 is 0 Å². The molecule has 0 radical (unpaired) electrons. The van der Waals surface area contributed by atoms with Crippen LogP contribution in [0, 0.1) is 6.92 Å². The number of anilines is 1. The minimum absolute atomic E-state index is 0.117. The Morgan fingerprint density at radius 1 is 1.07 bits per heavy atom. The summed E-state index contributed by atoms with van der Waals surface area (Å²) >= 11 is 0. The van der Waals surface area contributed by atoms with Crippen LogP contribution in [0.2, 0.25) is 0 Å². The predicted molar refractivity (Wildman–Crippen MR) is 99.6 cm³/mol. The third-order valence-corrected chi connectivity index (χ3v) is 3.89. The van der Waals surface area contributed by atoms with Gasteiger partial charge in [-0.1, -0.05) is 23.4 Å². The number of para-hydroxylation sites is 1. The molecule has 2 aromatic carbocycles. The normalized spacial score (nSPS) is 10.7. The lowest BCUT2D eigenvalue weighted by atomic mass is 10.1. The number of carbonyl (C=O) groups is 1. The van der Waals surface area contributed by atoms with E-state index in [1.165, 1.54) is 0 Å². The molecule has 0 spiro atoms. The van der Waals surface area contributed by atoms with Gasteiger partial charge in [-0.2, -0.15) is 5.10 Å². The summed E-state index contributed by atoms with van der Waals surface area (Å²) in [5.74, 6) is 0.748. The summed E-state index contributed by atoms with van der Waals surface area (Å²) in [6, 6.07) is 18.1. The SMILES string of the molecule is Cc1ccc(Oc2cccc(NC(=O)Cc3noc4ccccc34)c2)nn1. The van der Waals surface area contributed by atoms with Crippen LogP contribution in [-0.2, 0) is 11.2 Å². The molecule has 7 nitrogen and oxygen atoms in total. The zero-order chi connectivity index (χ0) is 18.6. The number of ether oxygens (including phenoxy) is 1. The molecule has 0 aliphatic carbocycles. The highest BCUT2D eigenvalue weighted by Gasteiger charge is 2.12. The Morgan fingerprint density at radius 3 is 2.81 bits per heavy atom. The zero-order valence-electron chi connectivity index (χ0n) is 14.5. The summed E-state index contributed by atoms with van der Waals surface area (Å²) < 4.78 is 10.9. The van der Waals surface area contributed by atoms with Crippen molar-refractivity contribution in [2.45, 2.75) is 13.3 Å². The quantitative estimate of drug-likeness (QED) is 0.580. The van der Waals surface area contributed by atoms with Crippen molar-refractivity contribution in [3.63, 3.8) is 0 Å². The van der Waals surface area contributed by atoms with Crippen LogP contribution in [0.5, 0.6) is 11.6 Å². The van der Waals surface area contributed by atoms with Gasteiger partial charge in [-0.05, 0) is 37.3 Å². The Hall–Kier alpha value is -3.74. The van der Waals surface area contributed by atoms with Gasteiger partial charge in [-0.15, -0.1) is 5.10 Å². The van der Waals surface area contributed by atoms with E-state index in [9.17, 15) is 4.79 Å². The second-order valence-corrected chi connectivity index (χ2v) is 5.99. The second-order valence-electron chi connectivity index (χ2n) is 5.99. The van der Waals surface area contributed by atoms with E-state index in [1.807, 2.05) is 37.3 Å². The molecule has 4 aromatic rings. The van der Waals surface area contributed by atoms with Gasteiger partial charge < -0.3 is 14.6 Å². The Balaban J connectivity index is 1.44. The van der Waals surface area contributed by atoms with Crippen molar-refractivity contribution in [3.05, 3.63) is 72.1 Å². The molecular weight excluding hydrogens is 344 g/mol. The Labute approximate surface area is 155 Å². The maximum Gasteiger partial charge on any atom is 0.238 e. The van der Waals surface area contributed by atoms with E-state index in [0.29, 0.717) is 28.6 Å². The summed E-state index contributed by atoms with van der Waals surface area (Å²) in [5.41, 5.74) is 2.69. The fourth-order valence-electron chi connectivity index (χ4n) is 2.62. The number of aryl methyl sites for hydroxylation is 1. The molecule has 2 aromatic heterocycles. The number of fused-ring (bicyclic) bond motifs is 1. The van der Waals surface area contributed by atoms with Crippen molar-refractivity contribution >= 4 is 22.6 Å². The number of hydrogen-bond donors (Lipinski definition) is 1. The van der Waals surface area contributed by atoms with Gasteiger partial charge in [0.15, 0.2) is 5.58 Å². The van der Waals surface area contributed by atoms with E-state index in [0.717, 1.165) is 11.1 Å². The van der Waals surface area contributed by atoms with Crippen molar-refractivity contribution < 1.29 is 14.1 Å². The average Bonchev–Trinajstić information content (AvgIpc) is 3.07. The lowest BCUT2D eigenvalue weighted by Gasteiger charge is -2.08. The summed E-state index contributed by atoms with van der Waals surface area (Å²) in [6.07, 6.45) is 0.117. The van der Waals surface area contributed by atoms with E-state index in [2.05, 4.69) is 20.7 Å². The van der Waals surface area contributed by atoms with E-state index in [1.54, 1.807) is 30.3 Å². The van der Waals surface area contributed by atoms with Gasteiger partial charge in [-0.3, -0.25) is 4.79 Å². The monoisotopic (exact) mass is 360 g/mol. The summed E-state index contributed by atoms with van der Waals surface area (Å²) in [7, 11) is 0. The molecular formula is C20H16N4O3. The van der Waals surface area contributed by atoms with Crippen molar-refractivity contribution in [2.24, 2.45) is 0 Å². The minimum Gasteiger partial charge on any atom is -0.437 e. The van der Waals surface area contributed by atoms with Crippen LogP contribution in [0.25, 0.3) is 11.0 Å². The Bertz CT molecular complexity index is 1090. The minimum atomic E-state index is -0.193.